The molecule has 1 heterocycles. The molecule has 0 bridgehead atoms. The Kier molecular flexibility index (Phi) is 3.39. The van der Waals surface area contributed by atoms with Gasteiger partial charge in [0.05, 0.1) is 6.10 Å². The molecule has 0 radical (unpaired) electrons. The van der Waals surface area contributed by atoms with E-state index in [0.717, 1.165) is 30.6 Å². The molecule has 0 amide bonds. The summed E-state index contributed by atoms with van der Waals surface area (Å²) in [4.78, 5) is 12.1. The van der Waals surface area contributed by atoms with Crippen LogP contribution in [0.3, 0.4) is 0 Å². The molecule has 1 aromatic carbocycles. The molecule has 2 nitrogen and oxygen atoms in total. The van der Waals surface area contributed by atoms with Gasteiger partial charge in [-0.1, -0.05) is 18.2 Å². The van der Waals surface area contributed by atoms with Gasteiger partial charge in [0.15, 0.2) is 5.78 Å². The summed E-state index contributed by atoms with van der Waals surface area (Å²) in [7, 11) is 0. The van der Waals surface area contributed by atoms with Crippen LogP contribution in [-0.2, 0) is 4.74 Å². The summed E-state index contributed by atoms with van der Waals surface area (Å²) in [6.07, 6.45) is 2.79. The van der Waals surface area contributed by atoms with Crippen molar-refractivity contribution >= 4 is 5.78 Å². The highest BCUT2D eigenvalue weighted by molar-refractivity contribution is 5.98. The van der Waals surface area contributed by atoms with Crippen LogP contribution in [0.1, 0.15) is 40.7 Å². The highest BCUT2D eigenvalue weighted by Crippen LogP contribution is 2.20. The highest BCUT2D eigenvalue weighted by atomic mass is 16.5. The van der Waals surface area contributed by atoms with Gasteiger partial charge >= 0.3 is 0 Å². The van der Waals surface area contributed by atoms with Crippen molar-refractivity contribution in [2.45, 2.75) is 39.2 Å². The number of Topliss-reactive ketones (excluding diaryl/α,β-unsaturated/α-hetero) is 1. The Hall–Kier alpha value is -1.15. The fourth-order valence-corrected chi connectivity index (χ4v) is 2.18. The van der Waals surface area contributed by atoms with E-state index in [9.17, 15) is 4.79 Å². The number of rotatable bonds is 3. The number of benzene rings is 1. The molecule has 2 rings (SSSR count). The Morgan fingerprint density at radius 1 is 1.44 bits per heavy atom. The first-order valence-corrected chi connectivity index (χ1v) is 5.89. The smallest absolute Gasteiger partial charge is 0.165 e. The van der Waals surface area contributed by atoms with E-state index in [1.807, 2.05) is 32.0 Å². The second-order valence-electron chi connectivity index (χ2n) is 4.51. The first kappa shape index (κ1) is 11.3. The zero-order chi connectivity index (χ0) is 11.5. The number of ether oxygens (including phenoxy) is 1. The minimum atomic E-state index is 0.146. The molecule has 1 aliphatic heterocycles. The summed E-state index contributed by atoms with van der Waals surface area (Å²) in [5.74, 6) is 0.216. The Balaban J connectivity index is 2.11. The van der Waals surface area contributed by atoms with Crippen LogP contribution in [-0.4, -0.2) is 18.5 Å². The average molecular weight is 218 g/mol. The predicted octanol–water partition coefficient (Wildman–Crippen LogP) is 3.06. The topological polar surface area (TPSA) is 26.3 Å². The Labute approximate surface area is 96.6 Å². The Morgan fingerprint density at radius 2 is 2.25 bits per heavy atom. The molecule has 1 aliphatic rings. The number of hydrogen-bond acceptors (Lipinski definition) is 2. The van der Waals surface area contributed by atoms with E-state index >= 15 is 0 Å². The van der Waals surface area contributed by atoms with Gasteiger partial charge in [-0.2, -0.15) is 0 Å². The lowest BCUT2D eigenvalue weighted by Gasteiger charge is -2.11. The van der Waals surface area contributed by atoms with Crippen molar-refractivity contribution in [3.05, 3.63) is 34.9 Å². The van der Waals surface area contributed by atoms with Crippen LogP contribution in [0.2, 0.25) is 0 Å². The summed E-state index contributed by atoms with van der Waals surface area (Å²) >= 11 is 0. The fourth-order valence-electron chi connectivity index (χ4n) is 2.18. The molecule has 1 fully saturated rings. The van der Waals surface area contributed by atoms with Gasteiger partial charge in [-0.25, -0.2) is 0 Å². The monoisotopic (exact) mass is 218 g/mol. The van der Waals surface area contributed by atoms with Gasteiger partial charge in [0.1, 0.15) is 0 Å². The minimum Gasteiger partial charge on any atom is -0.378 e. The van der Waals surface area contributed by atoms with Crippen molar-refractivity contribution in [1.82, 2.24) is 0 Å². The van der Waals surface area contributed by atoms with E-state index in [2.05, 4.69) is 0 Å². The lowest BCUT2D eigenvalue weighted by molar-refractivity contribution is 0.0775. The number of aryl methyl sites for hydroxylation is 1. The maximum Gasteiger partial charge on any atom is 0.165 e. The maximum atomic E-state index is 12.1. The van der Waals surface area contributed by atoms with Gasteiger partial charge in [-0.05, 0) is 37.8 Å². The van der Waals surface area contributed by atoms with Gasteiger partial charge in [-0.15, -0.1) is 0 Å². The summed E-state index contributed by atoms with van der Waals surface area (Å²) in [6, 6.07) is 5.91. The summed E-state index contributed by atoms with van der Waals surface area (Å²) in [5, 5.41) is 0. The molecule has 1 aromatic rings. The lowest BCUT2D eigenvalue weighted by Crippen LogP contribution is -2.13. The zero-order valence-electron chi connectivity index (χ0n) is 9.95. The van der Waals surface area contributed by atoms with Crippen molar-refractivity contribution < 1.29 is 9.53 Å². The van der Waals surface area contributed by atoms with E-state index in [1.54, 1.807) is 0 Å². The van der Waals surface area contributed by atoms with Crippen LogP contribution in [0.5, 0.6) is 0 Å². The van der Waals surface area contributed by atoms with E-state index in [1.165, 1.54) is 5.56 Å². The zero-order valence-corrected chi connectivity index (χ0v) is 9.95. The standard InChI is InChI=1S/C14H18O2/c1-10-5-3-7-13(11(10)2)14(15)9-12-6-4-8-16-12/h3,5,7,12H,4,6,8-9H2,1-2H3. The van der Waals surface area contributed by atoms with Crippen molar-refractivity contribution in [2.75, 3.05) is 6.61 Å². The summed E-state index contributed by atoms with van der Waals surface area (Å²) in [6.45, 7) is 4.86. The molecule has 0 N–H and O–H groups in total. The van der Waals surface area contributed by atoms with Crippen LogP contribution in [0.15, 0.2) is 18.2 Å². The second-order valence-corrected chi connectivity index (χ2v) is 4.51. The molecule has 16 heavy (non-hydrogen) atoms. The van der Waals surface area contributed by atoms with Crippen molar-refractivity contribution in [3.63, 3.8) is 0 Å². The first-order chi connectivity index (χ1) is 7.68. The second kappa shape index (κ2) is 4.79. The van der Waals surface area contributed by atoms with Gasteiger partial charge in [0, 0.05) is 18.6 Å². The third-order valence-electron chi connectivity index (χ3n) is 3.34. The lowest BCUT2D eigenvalue weighted by atomic mass is 9.97. The highest BCUT2D eigenvalue weighted by Gasteiger charge is 2.20. The van der Waals surface area contributed by atoms with Crippen LogP contribution < -0.4 is 0 Å². The summed E-state index contributed by atoms with van der Waals surface area (Å²) < 4.78 is 5.49. The minimum absolute atomic E-state index is 0.146. The van der Waals surface area contributed by atoms with Crippen molar-refractivity contribution in [1.29, 1.82) is 0 Å². The molecule has 1 unspecified atom stereocenters. The molecule has 1 saturated heterocycles. The van der Waals surface area contributed by atoms with Gasteiger partial charge in [-0.3, -0.25) is 4.79 Å². The van der Waals surface area contributed by atoms with E-state index in [-0.39, 0.29) is 11.9 Å². The van der Waals surface area contributed by atoms with Crippen molar-refractivity contribution in [2.24, 2.45) is 0 Å². The van der Waals surface area contributed by atoms with Gasteiger partial charge in [0.25, 0.3) is 0 Å². The molecular formula is C14H18O2. The third-order valence-corrected chi connectivity index (χ3v) is 3.34. The van der Waals surface area contributed by atoms with Crippen LogP contribution in [0.4, 0.5) is 0 Å². The van der Waals surface area contributed by atoms with Crippen LogP contribution in [0, 0.1) is 13.8 Å². The Morgan fingerprint density at radius 3 is 2.94 bits per heavy atom. The number of ketones is 1. The van der Waals surface area contributed by atoms with E-state index in [0.29, 0.717) is 6.42 Å². The van der Waals surface area contributed by atoms with Gasteiger partial charge < -0.3 is 4.74 Å². The van der Waals surface area contributed by atoms with Gasteiger partial charge in [0.2, 0.25) is 0 Å². The number of carbonyl (C=O) groups is 1. The number of carbonyl (C=O) groups excluding carboxylic acids is 1. The molecule has 1 atom stereocenters. The van der Waals surface area contributed by atoms with Crippen molar-refractivity contribution in [3.8, 4) is 0 Å². The third kappa shape index (κ3) is 2.33. The number of hydrogen-bond donors (Lipinski definition) is 0. The van der Waals surface area contributed by atoms with E-state index < -0.39 is 0 Å². The SMILES string of the molecule is Cc1cccc(C(=O)CC2CCCO2)c1C. The average Bonchev–Trinajstić information content (AvgIpc) is 2.74. The van der Waals surface area contributed by atoms with Crippen LogP contribution >= 0.6 is 0 Å². The molecule has 2 heteroatoms. The molecule has 0 spiro atoms. The van der Waals surface area contributed by atoms with Crippen LogP contribution in [0.25, 0.3) is 0 Å². The largest absolute Gasteiger partial charge is 0.378 e. The fraction of sp³-hybridized carbons (Fsp3) is 0.500. The molecule has 86 valence electrons. The quantitative estimate of drug-likeness (QED) is 0.729. The molecule has 0 aliphatic carbocycles. The predicted molar refractivity (Wildman–Crippen MR) is 63.8 cm³/mol. The van der Waals surface area contributed by atoms with E-state index in [4.69, 9.17) is 4.74 Å². The first-order valence-electron chi connectivity index (χ1n) is 5.89. The Bertz CT molecular complexity index is 390. The normalized spacial score (nSPS) is 20.0. The molecular weight excluding hydrogens is 200 g/mol. The molecule has 0 aromatic heterocycles. The summed E-state index contributed by atoms with van der Waals surface area (Å²) in [5.41, 5.74) is 3.14. The molecule has 0 saturated carbocycles. The maximum absolute atomic E-state index is 12.1.